The van der Waals surface area contributed by atoms with E-state index in [1.54, 1.807) is 22.8 Å². The van der Waals surface area contributed by atoms with E-state index in [1.165, 1.54) is 23.4 Å². The lowest BCUT2D eigenvalue weighted by Crippen LogP contribution is -2.36. The van der Waals surface area contributed by atoms with Crippen LogP contribution in [-0.4, -0.2) is 78.3 Å². The van der Waals surface area contributed by atoms with Crippen LogP contribution in [0.4, 0.5) is 27.5 Å². The number of fused-ring (bicyclic) bond motifs is 12. The molecule has 0 radical (unpaired) electrons. The lowest BCUT2D eigenvalue weighted by atomic mass is 9.95. The molecule has 3 amide bonds. The topological polar surface area (TPSA) is 130 Å². The van der Waals surface area contributed by atoms with E-state index in [0.29, 0.717) is 68.9 Å². The maximum Gasteiger partial charge on any atom is 0.414 e. The van der Waals surface area contributed by atoms with Crippen LogP contribution in [0.15, 0.2) is 212 Å². The van der Waals surface area contributed by atoms with E-state index in [1.807, 2.05) is 165 Å². The first-order valence-electron chi connectivity index (χ1n) is 33.0. The van der Waals surface area contributed by atoms with E-state index < -0.39 is 5.60 Å². The van der Waals surface area contributed by atoms with Crippen molar-refractivity contribution >= 4 is 143 Å². The Morgan fingerprint density at radius 1 is 0.422 bits per heavy atom. The number of phenolic OH excluding ortho intramolecular Hbond substituents is 1. The number of alkyl halides is 4. The maximum absolute atomic E-state index is 12.9. The molecule has 0 saturated heterocycles. The fourth-order valence-electron chi connectivity index (χ4n) is 13.7. The first-order chi connectivity index (χ1) is 47.6. The molecular weight excluding hydrogens is 1380 g/mol. The van der Waals surface area contributed by atoms with Crippen LogP contribution < -0.4 is 34.2 Å². The minimum absolute atomic E-state index is 0. The summed E-state index contributed by atoms with van der Waals surface area (Å²) in [5.41, 5.74) is 11.1. The number of ether oxygens (including phenoxy) is 4. The summed E-state index contributed by atoms with van der Waals surface area (Å²) in [5.74, 6) is 5.36. The SMILES string of the molecule is C.C.C.CC(=O)N1C[C@@H](CCl)c2c1cc(O)c1ccccc21.CC(=O)N1C[C@@H](CCl)c2c1cc(OCc1ccccc1)c1ccccc21.CC(C)(C)OC(=O)N1C[C@@H](CCl)c2c1cc(OCc1ccccc1)c1ccccc21.Cl.ClC[C@@H]1CNc2cc(OCc3ccccc3)c3ccccc3c21. The van der Waals surface area contributed by atoms with Gasteiger partial charge in [-0.3, -0.25) is 14.5 Å². The minimum atomic E-state index is -0.570. The van der Waals surface area contributed by atoms with Crippen molar-refractivity contribution in [3.63, 3.8) is 0 Å². The standard InChI is InChI=1S/C25H26ClNO3.C22H20ClNO2.C20H18ClNO.C15H14ClNO2.3CH4.ClH/c1-25(2,3)30-24(28)27-15-18(14-26)23-20-12-8-7-11-19(20)22(13-21(23)27)29-16-17-9-5-4-6-10-17;1-15(25)24-13-17(12-23)22-19-10-6-5-9-18(19)21(11-20(22)24)26-14-16-7-3-2-4-8-16;21-11-15-12-22-18-10-19(23-13-14-6-2-1-3-7-14)16-8-4-5-9-17(16)20(15)18;1-9(18)17-8-10(7-16)15-12-5-3-2-4-11(12)14(19)6-13(15)17;;;;/h4-13,18H,14-16H2,1-3H3;2-11,17H,12-14H2,1H3;1-10,15,22H,11-13H2;2-6,10,19H,7-8H2,1H3;3*1H4;1H/t18-;17-;15-;10-;;;;/m1111..../s1. The summed E-state index contributed by atoms with van der Waals surface area (Å²) in [6.07, 6.45) is -0.361. The molecule has 0 unspecified atom stereocenters. The zero-order valence-corrected chi connectivity index (χ0v) is 59.7. The molecule has 17 heteroatoms. The number of hydrogen-bond donors (Lipinski definition) is 2. The zero-order valence-electron chi connectivity index (χ0n) is 55.9. The van der Waals surface area contributed by atoms with Crippen LogP contribution in [-0.2, 0) is 34.1 Å². The molecule has 534 valence electrons. The van der Waals surface area contributed by atoms with E-state index in [2.05, 4.69) is 72.0 Å². The number of carbonyl (C=O) groups excluding carboxylic acids is 3. The molecule has 11 aromatic carbocycles. The van der Waals surface area contributed by atoms with Crippen molar-refractivity contribution in [2.75, 3.05) is 69.7 Å². The average molecular weight is 1470 g/mol. The predicted molar refractivity (Wildman–Crippen MR) is 429 cm³/mol. The van der Waals surface area contributed by atoms with E-state index >= 15 is 0 Å². The molecule has 2 N–H and O–H groups in total. The summed E-state index contributed by atoms with van der Waals surface area (Å²) in [5, 5.41) is 22.0. The normalized spacial score (nSPS) is 15.7. The van der Waals surface area contributed by atoms with Crippen LogP contribution in [0.25, 0.3) is 43.1 Å². The lowest BCUT2D eigenvalue weighted by Gasteiger charge is -2.25. The number of aromatic hydroxyl groups is 1. The summed E-state index contributed by atoms with van der Waals surface area (Å²) in [6, 6.07) is 70.5. The molecule has 102 heavy (non-hydrogen) atoms. The minimum Gasteiger partial charge on any atom is -0.507 e. The van der Waals surface area contributed by atoms with Crippen molar-refractivity contribution in [3.8, 4) is 23.0 Å². The highest BCUT2D eigenvalue weighted by atomic mass is 35.5. The summed E-state index contributed by atoms with van der Waals surface area (Å²) >= 11 is 24.7. The highest BCUT2D eigenvalue weighted by Crippen LogP contribution is 2.49. The number of benzene rings is 11. The van der Waals surface area contributed by atoms with Crippen LogP contribution in [0, 0.1) is 0 Å². The van der Waals surface area contributed by atoms with Crippen molar-refractivity contribution in [1.29, 1.82) is 0 Å². The molecule has 4 heterocycles. The highest BCUT2D eigenvalue weighted by Gasteiger charge is 2.38. The number of amides is 3. The Bertz CT molecular complexity index is 4690. The lowest BCUT2D eigenvalue weighted by molar-refractivity contribution is -0.117. The largest absolute Gasteiger partial charge is 0.507 e. The second kappa shape index (κ2) is 35.3. The quantitative estimate of drug-likeness (QED) is 0.108. The number of halogens is 5. The van der Waals surface area contributed by atoms with Crippen LogP contribution in [0.5, 0.6) is 23.0 Å². The third kappa shape index (κ3) is 17.1. The van der Waals surface area contributed by atoms with Gasteiger partial charge in [0.05, 0.1) is 17.1 Å². The molecule has 4 aliphatic rings. The summed E-state index contributed by atoms with van der Waals surface area (Å²) in [4.78, 5) is 42.0. The molecule has 0 saturated carbocycles. The van der Waals surface area contributed by atoms with E-state index in [0.717, 1.165) is 112 Å². The molecule has 12 nitrogen and oxygen atoms in total. The van der Waals surface area contributed by atoms with Gasteiger partial charge in [-0.15, -0.1) is 58.8 Å². The Balaban J connectivity index is 0.000000172. The molecule has 15 rings (SSSR count). The smallest absolute Gasteiger partial charge is 0.414 e. The molecular formula is C85H91Cl5N4O8. The van der Waals surface area contributed by atoms with Gasteiger partial charge in [0, 0.05) is 139 Å². The highest BCUT2D eigenvalue weighted by molar-refractivity contribution is 6.20. The maximum atomic E-state index is 12.9. The fourth-order valence-corrected chi connectivity index (χ4v) is 14.7. The number of rotatable bonds is 13. The van der Waals surface area contributed by atoms with Gasteiger partial charge >= 0.3 is 6.09 Å². The monoisotopic (exact) mass is 1470 g/mol. The Morgan fingerprint density at radius 3 is 1.09 bits per heavy atom. The van der Waals surface area contributed by atoms with Gasteiger partial charge in [-0.05, 0) is 81.3 Å². The average Bonchev–Trinajstić information content (AvgIpc) is 1.59. The summed E-state index contributed by atoms with van der Waals surface area (Å²) in [7, 11) is 0. The Kier molecular flexibility index (Phi) is 27.3. The second-order valence-electron chi connectivity index (χ2n) is 25.9. The Labute approximate surface area is 626 Å². The van der Waals surface area contributed by atoms with Gasteiger partial charge in [-0.2, -0.15) is 0 Å². The molecule has 0 fully saturated rings. The third-order valence-electron chi connectivity index (χ3n) is 18.2. The van der Waals surface area contributed by atoms with Crippen molar-refractivity contribution in [2.45, 2.75) is 106 Å². The molecule has 11 aromatic rings. The molecule has 0 spiro atoms. The number of nitrogens with one attached hydrogen (secondary N) is 1. The summed E-state index contributed by atoms with van der Waals surface area (Å²) < 4.78 is 24.2. The molecule has 4 atom stereocenters. The number of carbonyl (C=O) groups is 3. The van der Waals surface area contributed by atoms with Gasteiger partial charge in [0.15, 0.2) is 0 Å². The first kappa shape index (κ1) is 78.8. The van der Waals surface area contributed by atoms with Crippen molar-refractivity contribution in [1.82, 2.24) is 0 Å². The van der Waals surface area contributed by atoms with E-state index in [9.17, 15) is 19.5 Å². The zero-order chi connectivity index (χ0) is 68.6. The van der Waals surface area contributed by atoms with E-state index in [4.69, 9.17) is 65.4 Å². The Morgan fingerprint density at radius 2 is 0.725 bits per heavy atom. The van der Waals surface area contributed by atoms with Crippen molar-refractivity contribution in [2.24, 2.45) is 0 Å². The van der Waals surface area contributed by atoms with Gasteiger partial charge in [0.25, 0.3) is 0 Å². The number of phenols is 1. The van der Waals surface area contributed by atoms with Gasteiger partial charge in [0.1, 0.15) is 48.4 Å². The number of anilines is 4. The third-order valence-corrected chi connectivity index (χ3v) is 19.7. The van der Waals surface area contributed by atoms with Gasteiger partial charge in [-0.1, -0.05) is 210 Å². The van der Waals surface area contributed by atoms with E-state index in [-0.39, 0.29) is 76.1 Å². The van der Waals surface area contributed by atoms with Crippen molar-refractivity contribution in [3.05, 3.63) is 251 Å². The second-order valence-corrected chi connectivity index (χ2v) is 27.2. The fraction of sp³-hybridized carbons (Fsp3) is 0.282. The van der Waals surface area contributed by atoms with Crippen molar-refractivity contribution < 1.29 is 38.4 Å². The molecule has 4 aliphatic heterocycles. The van der Waals surface area contributed by atoms with Crippen LogP contribution >= 0.6 is 58.8 Å². The molecule has 0 aliphatic carbocycles. The van der Waals surface area contributed by atoms with Gasteiger partial charge < -0.3 is 39.2 Å². The van der Waals surface area contributed by atoms with Gasteiger partial charge in [-0.25, -0.2) is 4.79 Å². The van der Waals surface area contributed by atoms with Crippen LogP contribution in [0.3, 0.4) is 0 Å². The molecule has 0 aromatic heterocycles. The first-order valence-corrected chi connectivity index (χ1v) is 35.2. The van der Waals surface area contributed by atoms with Crippen LogP contribution in [0.1, 0.15) is 120 Å². The molecule has 0 bridgehead atoms. The van der Waals surface area contributed by atoms with Crippen LogP contribution in [0.2, 0.25) is 0 Å². The number of hydrogen-bond acceptors (Lipinski definition) is 9. The predicted octanol–water partition coefficient (Wildman–Crippen LogP) is 22.3. The van der Waals surface area contributed by atoms with Gasteiger partial charge in [0.2, 0.25) is 11.8 Å². The Hall–Kier alpha value is -8.88. The number of nitrogens with zero attached hydrogens (tertiary/aromatic N) is 3. The summed E-state index contributed by atoms with van der Waals surface area (Å²) in [6.45, 7) is 12.9.